The van der Waals surface area contributed by atoms with E-state index in [4.69, 9.17) is 5.73 Å². The van der Waals surface area contributed by atoms with Gasteiger partial charge in [-0.05, 0) is 41.5 Å². The first-order valence-corrected chi connectivity index (χ1v) is 7.71. The van der Waals surface area contributed by atoms with E-state index in [1.165, 1.54) is 0 Å². The SMILES string of the molecule is CCC(CC)C(C)n1nnnc1-c1cc(N)ccc1Br. The minimum absolute atomic E-state index is 0.253. The Labute approximate surface area is 127 Å². The molecule has 1 heterocycles. The van der Waals surface area contributed by atoms with Crippen molar-refractivity contribution in [2.75, 3.05) is 5.73 Å². The maximum atomic E-state index is 5.87. The van der Waals surface area contributed by atoms with E-state index in [0.29, 0.717) is 11.6 Å². The molecule has 0 saturated heterocycles. The molecule has 1 atom stereocenters. The lowest BCUT2D eigenvalue weighted by Crippen LogP contribution is -2.18. The molecule has 0 aliphatic rings. The first kappa shape index (κ1) is 15.0. The molecule has 0 bridgehead atoms. The summed E-state index contributed by atoms with van der Waals surface area (Å²) in [5.74, 6) is 1.31. The van der Waals surface area contributed by atoms with Crippen LogP contribution in [-0.2, 0) is 0 Å². The fourth-order valence-electron chi connectivity index (χ4n) is 2.53. The summed E-state index contributed by atoms with van der Waals surface area (Å²) in [5.41, 5.74) is 7.50. The maximum Gasteiger partial charge on any atom is 0.183 e. The molecule has 6 heteroatoms. The normalized spacial score (nSPS) is 12.8. The van der Waals surface area contributed by atoms with Crippen molar-refractivity contribution >= 4 is 21.6 Å². The van der Waals surface area contributed by atoms with Gasteiger partial charge < -0.3 is 5.73 Å². The van der Waals surface area contributed by atoms with Gasteiger partial charge in [-0.1, -0.05) is 42.6 Å². The largest absolute Gasteiger partial charge is 0.399 e. The summed E-state index contributed by atoms with van der Waals surface area (Å²) in [5, 5.41) is 12.2. The zero-order valence-electron chi connectivity index (χ0n) is 12.0. The van der Waals surface area contributed by atoms with Crippen LogP contribution in [0.15, 0.2) is 22.7 Å². The Morgan fingerprint density at radius 2 is 2.00 bits per heavy atom. The van der Waals surface area contributed by atoms with Gasteiger partial charge in [0.15, 0.2) is 5.82 Å². The molecule has 0 spiro atoms. The highest BCUT2D eigenvalue weighted by Crippen LogP contribution is 2.32. The smallest absolute Gasteiger partial charge is 0.183 e. The Hall–Kier alpha value is -1.43. The van der Waals surface area contributed by atoms with E-state index in [0.717, 1.165) is 28.7 Å². The number of nitrogen functional groups attached to an aromatic ring is 1. The van der Waals surface area contributed by atoms with Crippen molar-refractivity contribution in [2.24, 2.45) is 5.92 Å². The van der Waals surface area contributed by atoms with Crippen LogP contribution in [0.4, 0.5) is 5.69 Å². The number of aromatic nitrogens is 4. The van der Waals surface area contributed by atoms with E-state index in [1.54, 1.807) is 0 Å². The molecular weight excluding hydrogens is 318 g/mol. The van der Waals surface area contributed by atoms with Crippen LogP contribution in [0.5, 0.6) is 0 Å². The van der Waals surface area contributed by atoms with E-state index < -0.39 is 0 Å². The van der Waals surface area contributed by atoms with Crippen LogP contribution in [0.2, 0.25) is 0 Å². The summed E-state index contributed by atoms with van der Waals surface area (Å²) in [6.07, 6.45) is 2.21. The van der Waals surface area contributed by atoms with Crippen molar-refractivity contribution in [3.05, 3.63) is 22.7 Å². The summed E-state index contributed by atoms with van der Waals surface area (Å²) in [4.78, 5) is 0. The lowest BCUT2D eigenvalue weighted by Gasteiger charge is -2.22. The average Bonchev–Trinajstić information content (AvgIpc) is 2.91. The molecule has 2 N–H and O–H groups in total. The molecule has 1 aromatic carbocycles. The van der Waals surface area contributed by atoms with Gasteiger partial charge in [-0.15, -0.1) is 5.10 Å². The van der Waals surface area contributed by atoms with Crippen molar-refractivity contribution in [3.63, 3.8) is 0 Å². The van der Waals surface area contributed by atoms with Crippen molar-refractivity contribution in [3.8, 4) is 11.4 Å². The zero-order chi connectivity index (χ0) is 14.7. The van der Waals surface area contributed by atoms with Crippen LogP contribution in [0, 0.1) is 5.92 Å². The highest BCUT2D eigenvalue weighted by Gasteiger charge is 2.22. The molecule has 0 amide bonds. The van der Waals surface area contributed by atoms with Crippen molar-refractivity contribution in [1.29, 1.82) is 0 Å². The van der Waals surface area contributed by atoms with Crippen molar-refractivity contribution < 1.29 is 0 Å². The molecule has 1 aromatic heterocycles. The molecule has 1 unspecified atom stereocenters. The molecule has 0 aliphatic heterocycles. The highest BCUT2D eigenvalue weighted by molar-refractivity contribution is 9.10. The number of hydrogen-bond acceptors (Lipinski definition) is 4. The molecule has 0 saturated carbocycles. The summed E-state index contributed by atoms with van der Waals surface area (Å²) < 4.78 is 2.84. The van der Waals surface area contributed by atoms with E-state index >= 15 is 0 Å². The average molecular weight is 338 g/mol. The second-order valence-corrected chi connectivity index (χ2v) is 5.86. The first-order valence-electron chi connectivity index (χ1n) is 6.91. The molecule has 5 nitrogen and oxygen atoms in total. The highest BCUT2D eigenvalue weighted by atomic mass is 79.9. The van der Waals surface area contributed by atoms with Crippen LogP contribution >= 0.6 is 15.9 Å². The summed E-state index contributed by atoms with van der Waals surface area (Å²) in [7, 11) is 0. The standard InChI is InChI=1S/C14H20BrN5/c1-4-10(5-2)9(3)20-14(17-18-19-20)12-8-11(16)6-7-13(12)15/h6-10H,4-5,16H2,1-3H3. The van der Waals surface area contributed by atoms with E-state index in [2.05, 4.69) is 52.2 Å². The lowest BCUT2D eigenvalue weighted by molar-refractivity contribution is 0.309. The molecule has 0 radical (unpaired) electrons. The van der Waals surface area contributed by atoms with Crippen molar-refractivity contribution in [2.45, 2.75) is 39.7 Å². The van der Waals surface area contributed by atoms with Gasteiger partial charge in [0.2, 0.25) is 0 Å². The molecule has 108 valence electrons. The van der Waals surface area contributed by atoms with Crippen LogP contribution < -0.4 is 5.73 Å². The molecule has 20 heavy (non-hydrogen) atoms. The third kappa shape index (κ3) is 2.85. The maximum absolute atomic E-state index is 5.87. The van der Waals surface area contributed by atoms with Crippen LogP contribution in [-0.4, -0.2) is 20.2 Å². The van der Waals surface area contributed by atoms with Gasteiger partial charge in [0.25, 0.3) is 0 Å². The van der Waals surface area contributed by atoms with Crippen LogP contribution in [0.1, 0.15) is 39.7 Å². The summed E-state index contributed by atoms with van der Waals surface area (Å²) in [6.45, 7) is 6.56. The van der Waals surface area contributed by atoms with Crippen LogP contribution in [0.3, 0.4) is 0 Å². The molecule has 0 aliphatic carbocycles. The van der Waals surface area contributed by atoms with Gasteiger partial charge in [-0.25, -0.2) is 4.68 Å². The second-order valence-electron chi connectivity index (χ2n) is 5.00. The number of nitrogens with zero attached hydrogens (tertiary/aromatic N) is 4. The number of benzene rings is 1. The summed E-state index contributed by atoms with van der Waals surface area (Å²) >= 11 is 3.54. The third-order valence-corrected chi connectivity index (χ3v) is 4.53. The van der Waals surface area contributed by atoms with Gasteiger partial charge in [0, 0.05) is 15.7 Å². The topological polar surface area (TPSA) is 69.6 Å². The fourth-order valence-corrected chi connectivity index (χ4v) is 2.95. The lowest BCUT2D eigenvalue weighted by atomic mass is 9.95. The molecule has 2 aromatic rings. The predicted octanol–water partition coefficient (Wildman–Crippen LogP) is 3.68. The molecular formula is C14H20BrN5. The van der Waals surface area contributed by atoms with Crippen LogP contribution in [0.25, 0.3) is 11.4 Å². The fraction of sp³-hybridized carbons (Fsp3) is 0.500. The number of halogens is 1. The molecule has 0 fully saturated rings. The quantitative estimate of drug-likeness (QED) is 0.845. The van der Waals surface area contributed by atoms with Gasteiger partial charge >= 0.3 is 0 Å². The third-order valence-electron chi connectivity index (χ3n) is 3.84. The molecule has 2 rings (SSSR count). The number of rotatable bonds is 5. The number of hydrogen-bond donors (Lipinski definition) is 1. The monoisotopic (exact) mass is 337 g/mol. The predicted molar refractivity (Wildman–Crippen MR) is 84.1 cm³/mol. The van der Waals surface area contributed by atoms with Crippen molar-refractivity contribution in [1.82, 2.24) is 20.2 Å². The second kappa shape index (κ2) is 6.35. The van der Waals surface area contributed by atoms with Gasteiger partial charge in [-0.3, -0.25) is 0 Å². The Morgan fingerprint density at radius 1 is 1.30 bits per heavy atom. The van der Waals surface area contributed by atoms with E-state index in [-0.39, 0.29) is 6.04 Å². The van der Waals surface area contributed by atoms with Gasteiger partial charge in [-0.2, -0.15) is 0 Å². The van der Waals surface area contributed by atoms with E-state index in [1.807, 2.05) is 22.9 Å². The Bertz CT molecular complexity index is 577. The minimum Gasteiger partial charge on any atom is -0.399 e. The minimum atomic E-state index is 0.253. The Kier molecular flexibility index (Phi) is 4.75. The van der Waals surface area contributed by atoms with Gasteiger partial charge in [0.1, 0.15) is 0 Å². The number of tetrazole rings is 1. The zero-order valence-corrected chi connectivity index (χ0v) is 13.6. The van der Waals surface area contributed by atoms with E-state index in [9.17, 15) is 0 Å². The number of anilines is 1. The Morgan fingerprint density at radius 3 is 2.65 bits per heavy atom. The Balaban J connectivity index is 2.45. The number of nitrogens with two attached hydrogens (primary N) is 1. The first-order chi connectivity index (χ1) is 9.58. The summed E-state index contributed by atoms with van der Waals surface area (Å²) in [6, 6.07) is 5.92. The van der Waals surface area contributed by atoms with Gasteiger partial charge in [0.05, 0.1) is 6.04 Å².